The standard InChI is InChI=1S/C15H15N3O2/c1-10-6-5-9-13(11(10)2)17-15(19)16-12-7-3-4-8-14(12)18(17)20/h3-9,20H,1-2H3,(H,16,19). The molecule has 102 valence electrons. The van der Waals surface area contributed by atoms with Crippen LogP contribution < -0.4 is 15.5 Å². The van der Waals surface area contributed by atoms with Crippen molar-refractivity contribution in [3.63, 3.8) is 0 Å². The first-order chi connectivity index (χ1) is 9.59. The summed E-state index contributed by atoms with van der Waals surface area (Å²) in [6, 6.07) is 12.3. The molecule has 0 spiro atoms. The number of anilines is 3. The molecule has 0 saturated carbocycles. The lowest BCUT2D eigenvalue weighted by Crippen LogP contribution is -2.51. The molecule has 5 nitrogen and oxygen atoms in total. The number of hydrogen-bond donors (Lipinski definition) is 2. The summed E-state index contributed by atoms with van der Waals surface area (Å²) in [5, 5.41) is 15.2. The molecule has 0 radical (unpaired) electrons. The second kappa shape index (κ2) is 4.54. The maximum absolute atomic E-state index is 12.2. The van der Waals surface area contributed by atoms with Gasteiger partial charge in [0, 0.05) is 0 Å². The Hall–Kier alpha value is -2.53. The minimum atomic E-state index is -0.389. The summed E-state index contributed by atoms with van der Waals surface area (Å²) >= 11 is 0. The molecule has 1 aliphatic heterocycles. The highest BCUT2D eigenvalue weighted by Crippen LogP contribution is 2.34. The Morgan fingerprint density at radius 3 is 2.50 bits per heavy atom. The van der Waals surface area contributed by atoms with E-state index in [1.807, 2.05) is 26.0 Å². The Bertz CT molecular complexity index is 685. The van der Waals surface area contributed by atoms with Crippen molar-refractivity contribution in [2.45, 2.75) is 13.8 Å². The first kappa shape index (κ1) is 12.5. The predicted octanol–water partition coefficient (Wildman–Crippen LogP) is 3.47. The minimum absolute atomic E-state index is 0.389. The topological polar surface area (TPSA) is 55.8 Å². The number of amides is 2. The van der Waals surface area contributed by atoms with Gasteiger partial charge in [0.1, 0.15) is 5.69 Å². The molecular weight excluding hydrogens is 254 g/mol. The first-order valence-electron chi connectivity index (χ1n) is 6.35. The number of aryl methyl sites for hydroxylation is 1. The predicted molar refractivity (Wildman–Crippen MR) is 78.1 cm³/mol. The highest BCUT2D eigenvalue weighted by Gasteiger charge is 2.31. The highest BCUT2D eigenvalue weighted by atomic mass is 16.6. The van der Waals surface area contributed by atoms with E-state index in [1.54, 1.807) is 30.3 Å². The van der Waals surface area contributed by atoms with E-state index in [9.17, 15) is 10.0 Å². The normalized spacial score (nSPS) is 14.1. The summed E-state index contributed by atoms with van der Waals surface area (Å²) in [6.45, 7) is 3.89. The molecule has 0 saturated heterocycles. The maximum Gasteiger partial charge on any atom is 0.347 e. The minimum Gasteiger partial charge on any atom is -0.304 e. The van der Waals surface area contributed by atoms with Gasteiger partial charge in [-0.1, -0.05) is 24.3 Å². The van der Waals surface area contributed by atoms with E-state index >= 15 is 0 Å². The highest BCUT2D eigenvalue weighted by molar-refractivity contribution is 6.08. The van der Waals surface area contributed by atoms with Crippen LogP contribution in [-0.2, 0) is 0 Å². The summed E-state index contributed by atoms with van der Waals surface area (Å²) in [4.78, 5) is 12.2. The van der Waals surface area contributed by atoms with Crippen LogP contribution >= 0.6 is 0 Å². The fourth-order valence-electron chi connectivity index (χ4n) is 2.29. The monoisotopic (exact) mass is 269 g/mol. The van der Waals surface area contributed by atoms with Crippen molar-refractivity contribution in [3.8, 4) is 0 Å². The SMILES string of the molecule is Cc1cccc(N2C(=O)Nc3ccccc3N2O)c1C. The second-order valence-corrected chi connectivity index (χ2v) is 4.77. The lowest BCUT2D eigenvalue weighted by atomic mass is 10.1. The van der Waals surface area contributed by atoms with Gasteiger partial charge < -0.3 is 5.32 Å². The molecular formula is C15H15N3O2. The molecule has 2 aromatic rings. The first-order valence-corrected chi connectivity index (χ1v) is 6.35. The molecule has 1 heterocycles. The number of fused-ring (bicyclic) bond motifs is 1. The number of carbonyl (C=O) groups excluding carboxylic acids is 1. The van der Waals surface area contributed by atoms with Crippen LogP contribution in [0.4, 0.5) is 21.9 Å². The maximum atomic E-state index is 12.2. The van der Waals surface area contributed by atoms with Crippen molar-refractivity contribution in [1.82, 2.24) is 0 Å². The molecule has 20 heavy (non-hydrogen) atoms. The van der Waals surface area contributed by atoms with Crippen LogP contribution in [0.2, 0.25) is 0 Å². The molecule has 2 aromatic carbocycles. The Balaban J connectivity index is 2.11. The number of carbonyl (C=O) groups is 1. The van der Waals surface area contributed by atoms with Gasteiger partial charge in [-0.3, -0.25) is 5.21 Å². The summed E-state index contributed by atoms with van der Waals surface area (Å²) in [6.07, 6.45) is 0. The van der Waals surface area contributed by atoms with Crippen molar-refractivity contribution in [2.75, 3.05) is 15.5 Å². The fourth-order valence-corrected chi connectivity index (χ4v) is 2.29. The molecule has 0 aromatic heterocycles. The van der Waals surface area contributed by atoms with Crippen molar-refractivity contribution in [1.29, 1.82) is 0 Å². The molecule has 0 unspecified atom stereocenters. The average molecular weight is 269 g/mol. The number of rotatable bonds is 1. The number of hydrazine groups is 1. The molecule has 5 heteroatoms. The van der Waals surface area contributed by atoms with Crippen molar-refractivity contribution in [3.05, 3.63) is 53.6 Å². The second-order valence-electron chi connectivity index (χ2n) is 4.77. The molecule has 2 amide bonds. The fraction of sp³-hybridized carbons (Fsp3) is 0.133. The van der Waals surface area contributed by atoms with Gasteiger partial charge >= 0.3 is 6.03 Å². The largest absolute Gasteiger partial charge is 0.347 e. The number of urea groups is 1. The van der Waals surface area contributed by atoms with Crippen molar-refractivity contribution < 1.29 is 10.0 Å². The van der Waals surface area contributed by atoms with Gasteiger partial charge in [0.05, 0.1) is 11.4 Å². The van der Waals surface area contributed by atoms with Gasteiger partial charge in [0.25, 0.3) is 0 Å². The van der Waals surface area contributed by atoms with Crippen LogP contribution in [0.3, 0.4) is 0 Å². The van der Waals surface area contributed by atoms with Gasteiger partial charge in [0.15, 0.2) is 0 Å². The van der Waals surface area contributed by atoms with E-state index in [0.717, 1.165) is 16.3 Å². The third kappa shape index (κ3) is 1.80. The van der Waals surface area contributed by atoms with E-state index in [2.05, 4.69) is 5.32 Å². The summed E-state index contributed by atoms with van der Waals surface area (Å²) in [5.41, 5.74) is 3.78. The zero-order valence-electron chi connectivity index (χ0n) is 11.3. The Morgan fingerprint density at radius 2 is 1.70 bits per heavy atom. The van der Waals surface area contributed by atoms with E-state index < -0.39 is 0 Å². The van der Waals surface area contributed by atoms with Gasteiger partial charge in [0.2, 0.25) is 0 Å². The van der Waals surface area contributed by atoms with Gasteiger partial charge in [-0.2, -0.15) is 10.2 Å². The number of nitrogens with one attached hydrogen (secondary N) is 1. The summed E-state index contributed by atoms with van der Waals surface area (Å²) in [5.74, 6) is 0. The van der Waals surface area contributed by atoms with E-state index in [1.165, 1.54) is 5.01 Å². The van der Waals surface area contributed by atoms with Crippen LogP contribution in [0.5, 0.6) is 0 Å². The van der Waals surface area contributed by atoms with Crippen LogP contribution in [0.1, 0.15) is 11.1 Å². The number of nitrogens with zero attached hydrogens (tertiary/aromatic N) is 2. The Morgan fingerprint density at radius 1 is 1.00 bits per heavy atom. The molecule has 0 atom stereocenters. The molecule has 1 aliphatic rings. The lowest BCUT2D eigenvalue weighted by molar-refractivity contribution is 0.221. The van der Waals surface area contributed by atoms with Crippen LogP contribution in [0, 0.1) is 13.8 Å². The lowest BCUT2D eigenvalue weighted by Gasteiger charge is -2.36. The van der Waals surface area contributed by atoms with Crippen LogP contribution in [0.15, 0.2) is 42.5 Å². The third-order valence-corrected chi connectivity index (χ3v) is 3.55. The number of para-hydroxylation sites is 2. The van der Waals surface area contributed by atoms with E-state index in [-0.39, 0.29) is 6.03 Å². The van der Waals surface area contributed by atoms with Crippen LogP contribution in [-0.4, -0.2) is 11.2 Å². The number of benzene rings is 2. The molecule has 3 rings (SSSR count). The molecule has 2 N–H and O–H groups in total. The summed E-state index contributed by atoms with van der Waals surface area (Å²) in [7, 11) is 0. The molecule has 0 fully saturated rings. The van der Waals surface area contributed by atoms with Gasteiger partial charge in [-0.15, -0.1) is 0 Å². The number of hydrogen-bond acceptors (Lipinski definition) is 3. The summed E-state index contributed by atoms with van der Waals surface area (Å²) < 4.78 is 0. The van der Waals surface area contributed by atoms with Crippen molar-refractivity contribution >= 4 is 23.1 Å². The van der Waals surface area contributed by atoms with Gasteiger partial charge in [-0.25, -0.2) is 4.79 Å². The smallest absolute Gasteiger partial charge is 0.304 e. The zero-order chi connectivity index (χ0) is 14.3. The van der Waals surface area contributed by atoms with Gasteiger partial charge in [-0.05, 0) is 43.2 Å². The quantitative estimate of drug-likeness (QED) is 0.833. The third-order valence-electron chi connectivity index (χ3n) is 3.55. The molecule has 0 aliphatic carbocycles. The van der Waals surface area contributed by atoms with E-state index in [4.69, 9.17) is 0 Å². The average Bonchev–Trinajstić information content (AvgIpc) is 2.43. The Labute approximate surface area is 117 Å². The van der Waals surface area contributed by atoms with E-state index in [0.29, 0.717) is 17.1 Å². The molecule has 0 bridgehead atoms. The van der Waals surface area contributed by atoms with Crippen molar-refractivity contribution in [2.24, 2.45) is 0 Å². The zero-order valence-corrected chi connectivity index (χ0v) is 11.3. The Kier molecular flexibility index (Phi) is 2.84. The van der Waals surface area contributed by atoms with Crippen LogP contribution in [0.25, 0.3) is 0 Å².